The summed E-state index contributed by atoms with van der Waals surface area (Å²) in [4.78, 5) is 13.9. The normalized spacial score (nSPS) is 9.82. The molecule has 0 radical (unpaired) electrons. The van der Waals surface area contributed by atoms with E-state index < -0.39 is 4.92 Å². The van der Waals surface area contributed by atoms with E-state index in [1.807, 2.05) is 6.92 Å². The van der Waals surface area contributed by atoms with Crippen molar-refractivity contribution in [2.75, 3.05) is 6.61 Å². The van der Waals surface area contributed by atoms with Crippen molar-refractivity contribution in [3.63, 3.8) is 0 Å². The predicted octanol–water partition coefficient (Wildman–Crippen LogP) is 3.44. The summed E-state index contributed by atoms with van der Waals surface area (Å²) in [6.07, 6.45) is 0.919. The van der Waals surface area contributed by atoms with Crippen molar-refractivity contribution in [1.82, 2.24) is 4.98 Å². The van der Waals surface area contributed by atoms with Gasteiger partial charge >= 0.3 is 5.69 Å². The lowest BCUT2D eigenvalue weighted by Gasteiger charge is -2.07. The maximum Gasteiger partial charge on any atom is 0.305 e. The average Bonchev–Trinajstić information content (AvgIpc) is 2.54. The molecule has 7 heteroatoms. The Labute approximate surface area is 126 Å². The standard InChI is InChI=1S/C15H13N3O4/c1-2-9-21-11-3-5-12(6-4-11)22-15-8-7-14(18(19)20)13(10-16)17-15/h3-8H,2,9H2,1H3. The van der Waals surface area contributed by atoms with Gasteiger partial charge in [-0.3, -0.25) is 10.1 Å². The van der Waals surface area contributed by atoms with Gasteiger partial charge in [0, 0.05) is 12.1 Å². The van der Waals surface area contributed by atoms with Gasteiger partial charge in [0.15, 0.2) is 0 Å². The van der Waals surface area contributed by atoms with Crippen molar-refractivity contribution in [2.45, 2.75) is 13.3 Å². The summed E-state index contributed by atoms with van der Waals surface area (Å²) in [5, 5.41) is 19.6. The molecular weight excluding hydrogens is 286 g/mol. The van der Waals surface area contributed by atoms with Crippen LogP contribution < -0.4 is 9.47 Å². The van der Waals surface area contributed by atoms with Gasteiger partial charge in [-0.15, -0.1) is 0 Å². The first-order valence-corrected chi connectivity index (χ1v) is 6.60. The second kappa shape index (κ2) is 7.04. The third kappa shape index (κ3) is 3.70. The Kier molecular flexibility index (Phi) is 4.88. The zero-order chi connectivity index (χ0) is 15.9. The van der Waals surface area contributed by atoms with Crippen molar-refractivity contribution >= 4 is 5.69 Å². The highest BCUT2D eigenvalue weighted by molar-refractivity contribution is 5.46. The Balaban J connectivity index is 2.14. The number of hydrogen-bond donors (Lipinski definition) is 0. The maximum atomic E-state index is 10.7. The Bertz CT molecular complexity index is 708. The van der Waals surface area contributed by atoms with Crippen LogP contribution in [0.1, 0.15) is 19.0 Å². The van der Waals surface area contributed by atoms with Gasteiger partial charge in [-0.05, 0) is 30.7 Å². The Morgan fingerprint density at radius 1 is 1.23 bits per heavy atom. The zero-order valence-electron chi connectivity index (χ0n) is 11.9. The van der Waals surface area contributed by atoms with Gasteiger partial charge in [-0.25, -0.2) is 0 Å². The predicted molar refractivity (Wildman–Crippen MR) is 77.9 cm³/mol. The van der Waals surface area contributed by atoms with Gasteiger partial charge < -0.3 is 9.47 Å². The SMILES string of the molecule is CCCOc1ccc(Oc2ccc([N+](=O)[O-])c(C#N)n2)cc1. The minimum Gasteiger partial charge on any atom is -0.494 e. The molecule has 0 aliphatic heterocycles. The first-order valence-electron chi connectivity index (χ1n) is 6.60. The summed E-state index contributed by atoms with van der Waals surface area (Å²) in [5.74, 6) is 1.34. The van der Waals surface area contributed by atoms with Crippen molar-refractivity contribution in [2.24, 2.45) is 0 Å². The number of benzene rings is 1. The molecular formula is C15H13N3O4. The lowest BCUT2D eigenvalue weighted by atomic mass is 10.3. The number of rotatable bonds is 6. The van der Waals surface area contributed by atoms with E-state index in [0.717, 1.165) is 12.2 Å². The molecule has 0 saturated heterocycles. The molecule has 0 fully saturated rings. The molecule has 1 heterocycles. The van der Waals surface area contributed by atoms with Crippen LogP contribution in [0.3, 0.4) is 0 Å². The largest absolute Gasteiger partial charge is 0.494 e. The van der Waals surface area contributed by atoms with E-state index in [-0.39, 0.29) is 17.3 Å². The van der Waals surface area contributed by atoms with Gasteiger partial charge in [0.25, 0.3) is 0 Å². The summed E-state index contributed by atoms with van der Waals surface area (Å²) < 4.78 is 10.9. The molecule has 2 aromatic rings. The molecule has 2 rings (SSSR count). The quantitative estimate of drug-likeness (QED) is 0.598. The molecule has 0 aliphatic carbocycles. The summed E-state index contributed by atoms with van der Waals surface area (Å²) in [6.45, 7) is 2.65. The second-order valence-electron chi connectivity index (χ2n) is 4.31. The van der Waals surface area contributed by atoms with Crippen molar-refractivity contribution in [3.8, 4) is 23.4 Å². The Morgan fingerprint density at radius 3 is 2.50 bits per heavy atom. The fourth-order valence-corrected chi connectivity index (χ4v) is 1.66. The van der Waals surface area contributed by atoms with Gasteiger partial charge in [-0.2, -0.15) is 10.2 Å². The van der Waals surface area contributed by atoms with Crippen LogP contribution in [0.15, 0.2) is 36.4 Å². The van der Waals surface area contributed by atoms with Crippen LogP contribution in [0.25, 0.3) is 0 Å². The van der Waals surface area contributed by atoms with Crippen LogP contribution in [0.2, 0.25) is 0 Å². The van der Waals surface area contributed by atoms with Crippen LogP contribution in [-0.4, -0.2) is 16.5 Å². The number of nitriles is 1. The number of nitro groups is 1. The van der Waals surface area contributed by atoms with Gasteiger partial charge in [-0.1, -0.05) is 6.92 Å². The number of ether oxygens (including phenoxy) is 2. The van der Waals surface area contributed by atoms with Crippen LogP contribution in [0.4, 0.5) is 5.69 Å². The molecule has 0 aliphatic rings. The lowest BCUT2D eigenvalue weighted by molar-refractivity contribution is -0.385. The van der Waals surface area contributed by atoms with E-state index in [9.17, 15) is 10.1 Å². The molecule has 0 atom stereocenters. The molecule has 0 N–H and O–H groups in total. The average molecular weight is 299 g/mol. The number of pyridine rings is 1. The topological polar surface area (TPSA) is 98.3 Å². The smallest absolute Gasteiger partial charge is 0.305 e. The van der Waals surface area contributed by atoms with Crippen LogP contribution >= 0.6 is 0 Å². The first kappa shape index (κ1) is 15.3. The first-order chi connectivity index (χ1) is 10.6. The van der Waals surface area contributed by atoms with Crippen molar-refractivity contribution in [3.05, 3.63) is 52.2 Å². The molecule has 1 aromatic carbocycles. The molecule has 7 nitrogen and oxygen atoms in total. The lowest BCUT2D eigenvalue weighted by Crippen LogP contribution is -1.97. The van der Waals surface area contributed by atoms with Gasteiger partial charge in [0.1, 0.15) is 17.6 Å². The molecule has 0 unspecified atom stereocenters. The summed E-state index contributed by atoms with van der Waals surface area (Å²) in [6, 6.07) is 11.1. The number of nitrogens with zero attached hydrogens (tertiary/aromatic N) is 3. The fraction of sp³-hybridized carbons (Fsp3) is 0.200. The summed E-state index contributed by atoms with van der Waals surface area (Å²) in [5.41, 5.74) is -0.636. The number of hydrogen-bond acceptors (Lipinski definition) is 6. The van der Waals surface area contributed by atoms with Crippen LogP contribution in [0.5, 0.6) is 17.4 Å². The molecule has 112 valence electrons. The van der Waals surface area contributed by atoms with Gasteiger partial charge in [0.05, 0.1) is 11.5 Å². The summed E-state index contributed by atoms with van der Waals surface area (Å²) in [7, 11) is 0. The van der Waals surface area contributed by atoms with E-state index in [4.69, 9.17) is 14.7 Å². The second-order valence-corrected chi connectivity index (χ2v) is 4.31. The van der Waals surface area contributed by atoms with Crippen LogP contribution in [-0.2, 0) is 0 Å². The molecule has 22 heavy (non-hydrogen) atoms. The van der Waals surface area contributed by atoms with Crippen LogP contribution in [0, 0.1) is 21.4 Å². The third-order valence-electron chi connectivity index (χ3n) is 2.67. The molecule has 0 spiro atoms. The highest BCUT2D eigenvalue weighted by atomic mass is 16.6. The van der Waals surface area contributed by atoms with Crippen molar-refractivity contribution in [1.29, 1.82) is 5.26 Å². The minimum absolute atomic E-state index is 0.115. The van der Waals surface area contributed by atoms with E-state index in [2.05, 4.69) is 4.98 Å². The molecule has 0 amide bonds. The van der Waals surface area contributed by atoms with E-state index >= 15 is 0 Å². The monoisotopic (exact) mass is 299 g/mol. The van der Waals surface area contributed by atoms with E-state index in [0.29, 0.717) is 12.4 Å². The zero-order valence-corrected chi connectivity index (χ0v) is 11.9. The van der Waals surface area contributed by atoms with Crippen molar-refractivity contribution < 1.29 is 14.4 Å². The highest BCUT2D eigenvalue weighted by Gasteiger charge is 2.16. The molecule has 0 saturated carbocycles. The van der Waals surface area contributed by atoms with Gasteiger partial charge in [0.2, 0.25) is 11.6 Å². The Hall–Kier alpha value is -3.14. The summed E-state index contributed by atoms with van der Waals surface area (Å²) >= 11 is 0. The van der Waals surface area contributed by atoms with E-state index in [1.54, 1.807) is 30.3 Å². The fourth-order valence-electron chi connectivity index (χ4n) is 1.66. The Morgan fingerprint density at radius 2 is 1.91 bits per heavy atom. The maximum absolute atomic E-state index is 10.7. The molecule has 1 aromatic heterocycles. The number of aromatic nitrogens is 1. The van der Waals surface area contributed by atoms with E-state index in [1.165, 1.54) is 12.1 Å². The third-order valence-corrected chi connectivity index (χ3v) is 2.67. The highest BCUT2D eigenvalue weighted by Crippen LogP contribution is 2.25. The minimum atomic E-state index is -0.658. The molecule has 0 bridgehead atoms.